The van der Waals surface area contributed by atoms with E-state index in [4.69, 9.17) is 0 Å². The number of benzene rings is 1. The summed E-state index contributed by atoms with van der Waals surface area (Å²) in [6.07, 6.45) is 2.55. The molecule has 4 heteroatoms. The number of methoxy groups -OCH3 is 1. The van der Waals surface area contributed by atoms with Gasteiger partial charge in [-0.15, -0.1) is 0 Å². The second-order valence-electron chi connectivity index (χ2n) is 4.60. The Morgan fingerprint density at radius 3 is 2.55 bits per heavy atom. The number of esters is 1. The maximum atomic E-state index is 11.3. The molecular weight excluding hydrogens is 254 g/mol. The van der Waals surface area contributed by atoms with Crippen LogP contribution in [0.2, 0.25) is 0 Å². The summed E-state index contributed by atoms with van der Waals surface area (Å²) in [5.74, 6) is -0.210. The zero-order valence-corrected chi connectivity index (χ0v) is 12.4. The van der Waals surface area contributed by atoms with E-state index >= 15 is 0 Å². The maximum absolute atomic E-state index is 11.3. The SMILES string of the molecule is CNc1c(CCC(=O)OC)cccc1/C(C)=C\C(C)=O. The van der Waals surface area contributed by atoms with Crippen LogP contribution in [0.5, 0.6) is 0 Å². The predicted molar refractivity (Wildman–Crippen MR) is 80.7 cm³/mol. The molecule has 0 unspecified atom stereocenters. The van der Waals surface area contributed by atoms with Gasteiger partial charge in [0.2, 0.25) is 0 Å². The lowest BCUT2D eigenvalue weighted by molar-refractivity contribution is -0.140. The smallest absolute Gasteiger partial charge is 0.305 e. The minimum atomic E-state index is -0.228. The van der Waals surface area contributed by atoms with Crippen molar-refractivity contribution < 1.29 is 14.3 Å². The van der Waals surface area contributed by atoms with Crippen LogP contribution in [-0.4, -0.2) is 25.9 Å². The molecule has 0 fully saturated rings. The first kappa shape index (κ1) is 16.0. The number of carbonyl (C=O) groups is 2. The molecule has 1 N–H and O–H groups in total. The number of hydrogen-bond donors (Lipinski definition) is 1. The van der Waals surface area contributed by atoms with Crippen molar-refractivity contribution in [3.05, 3.63) is 35.4 Å². The van der Waals surface area contributed by atoms with Gasteiger partial charge in [-0.3, -0.25) is 9.59 Å². The fourth-order valence-corrected chi connectivity index (χ4v) is 2.15. The third-order valence-corrected chi connectivity index (χ3v) is 3.07. The third-order valence-electron chi connectivity index (χ3n) is 3.07. The quantitative estimate of drug-likeness (QED) is 0.640. The van der Waals surface area contributed by atoms with Gasteiger partial charge in [-0.1, -0.05) is 18.2 Å². The Bertz CT molecular complexity index is 533. The highest BCUT2D eigenvalue weighted by atomic mass is 16.5. The van der Waals surface area contributed by atoms with Crippen LogP contribution in [0.25, 0.3) is 5.57 Å². The van der Waals surface area contributed by atoms with Crippen molar-refractivity contribution in [2.75, 3.05) is 19.5 Å². The van der Waals surface area contributed by atoms with Crippen molar-refractivity contribution in [2.24, 2.45) is 0 Å². The van der Waals surface area contributed by atoms with E-state index in [-0.39, 0.29) is 11.8 Å². The Kier molecular flexibility index (Phi) is 5.97. The van der Waals surface area contributed by atoms with Crippen molar-refractivity contribution >= 4 is 23.0 Å². The first-order chi connectivity index (χ1) is 9.49. The second kappa shape index (κ2) is 7.48. The Hall–Kier alpha value is -2.10. The summed E-state index contributed by atoms with van der Waals surface area (Å²) >= 11 is 0. The van der Waals surface area contributed by atoms with Crippen LogP contribution >= 0.6 is 0 Å². The monoisotopic (exact) mass is 275 g/mol. The van der Waals surface area contributed by atoms with Crippen molar-refractivity contribution in [1.29, 1.82) is 0 Å². The Morgan fingerprint density at radius 1 is 1.30 bits per heavy atom. The van der Waals surface area contributed by atoms with Gasteiger partial charge in [-0.25, -0.2) is 0 Å². The van der Waals surface area contributed by atoms with Crippen molar-refractivity contribution in [3.63, 3.8) is 0 Å². The Balaban J connectivity index is 3.09. The average molecular weight is 275 g/mol. The lowest BCUT2D eigenvalue weighted by Gasteiger charge is -2.14. The third kappa shape index (κ3) is 4.23. The number of carbonyl (C=O) groups excluding carboxylic acids is 2. The van der Waals surface area contributed by atoms with E-state index < -0.39 is 0 Å². The number of para-hydroxylation sites is 1. The van der Waals surface area contributed by atoms with Gasteiger partial charge in [0, 0.05) is 24.7 Å². The summed E-state index contributed by atoms with van der Waals surface area (Å²) in [5, 5.41) is 3.16. The summed E-state index contributed by atoms with van der Waals surface area (Å²) in [7, 11) is 3.22. The standard InChI is InChI=1S/C16H21NO3/c1-11(10-12(2)18)14-7-5-6-13(16(14)17-3)8-9-15(19)20-4/h5-7,10,17H,8-9H2,1-4H3/b11-10-. The van der Waals surface area contributed by atoms with Gasteiger partial charge in [-0.05, 0) is 37.5 Å². The highest BCUT2D eigenvalue weighted by Crippen LogP contribution is 2.28. The molecule has 0 spiro atoms. The predicted octanol–water partition coefficient (Wildman–Crippen LogP) is 2.83. The van der Waals surface area contributed by atoms with Crippen LogP contribution in [0.15, 0.2) is 24.3 Å². The number of anilines is 1. The second-order valence-corrected chi connectivity index (χ2v) is 4.60. The highest BCUT2D eigenvalue weighted by Gasteiger charge is 2.10. The van der Waals surface area contributed by atoms with Crippen LogP contribution < -0.4 is 5.32 Å². The van der Waals surface area contributed by atoms with Crippen LogP contribution in [0.4, 0.5) is 5.69 Å². The van der Waals surface area contributed by atoms with E-state index in [2.05, 4.69) is 10.1 Å². The zero-order chi connectivity index (χ0) is 15.1. The summed E-state index contributed by atoms with van der Waals surface area (Å²) < 4.78 is 4.66. The number of allylic oxidation sites excluding steroid dienone is 2. The molecule has 0 atom stereocenters. The minimum absolute atomic E-state index is 0.0181. The number of nitrogens with one attached hydrogen (secondary N) is 1. The first-order valence-corrected chi connectivity index (χ1v) is 6.55. The highest BCUT2D eigenvalue weighted by molar-refractivity contribution is 5.96. The normalized spacial score (nSPS) is 11.1. The van der Waals surface area contributed by atoms with E-state index in [0.29, 0.717) is 12.8 Å². The summed E-state index contributed by atoms with van der Waals surface area (Å²) in [4.78, 5) is 22.5. The van der Waals surface area contributed by atoms with Crippen LogP contribution in [0.1, 0.15) is 31.4 Å². The van der Waals surface area contributed by atoms with Gasteiger partial charge in [0.25, 0.3) is 0 Å². The van der Waals surface area contributed by atoms with Crippen molar-refractivity contribution in [2.45, 2.75) is 26.7 Å². The van der Waals surface area contributed by atoms with Crippen LogP contribution in [-0.2, 0) is 20.7 Å². The van der Waals surface area contributed by atoms with E-state index in [1.165, 1.54) is 14.0 Å². The van der Waals surface area contributed by atoms with Gasteiger partial charge in [0.1, 0.15) is 0 Å². The first-order valence-electron chi connectivity index (χ1n) is 6.55. The molecule has 0 aliphatic carbocycles. The lowest BCUT2D eigenvalue weighted by Crippen LogP contribution is -2.05. The molecule has 0 heterocycles. The van der Waals surface area contributed by atoms with Crippen LogP contribution in [0.3, 0.4) is 0 Å². The largest absolute Gasteiger partial charge is 0.469 e. The van der Waals surface area contributed by atoms with E-state index in [1.54, 1.807) is 6.08 Å². The molecule has 0 saturated heterocycles. The topological polar surface area (TPSA) is 55.4 Å². The summed E-state index contributed by atoms with van der Waals surface area (Å²) in [6.45, 7) is 3.44. The van der Waals surface area contributed by atoms with Gasteiger partial charge < -0.3 is 10.1 Å². The van der Waals surface area contributed by atoms with E-state index in [1.807, 2.05) is 32.2 Å². The molecule has 1 aromatic carbocycles. The molecule has 0 saturated carbocycles. The number of aryl methyl sites for hydroxylation is 1. The molecule has 108 valence electrons. The minimum Gasteiger partial charge on any atom is -0.469 e. The maximum Gasteiger partial charge on any atom is 0.305 e. The lowest BCUT2D eigenvalue weighted by atomic mass is 9.97. The van der Waals surface area contributed by atoms with Gasteiger partial charge >= 0.3 is 5.97 Å². The van der Waals surface area contributed by atoms with E-state index in [9.17, 15) is 9.59 Å². The number of hydrogen-bond acceptors (Lipinski definition) is 4. The molecule has 4 nitrogen and oxygen atoms in total. The fraction of sp³-hybridized carbons (Fsp3) is 0.375. The average Bonchev–Trinajstić information content (AvgIpc) is 2.43. The van der Waals surface area contributed by atoms with E-state index in [0.717, 1.165) is 22.4 Å². The fourth-order valence-electron chi connectivity index (χ4n) is 2.15. The number of ketones is 1. The zero-order valence-electron chi connectivity index (χ0n) is 12.4. The molecule has 0 amide bonds. The molecule has 0 radical (unpaired) electrons. The molecule has 0 aliphatic rings. The Labute approximate surface area is 119 Å². The summed E-state index contributed by atoms with van der Waals surface area (Å²) in [6, 6.07) is 5.86. The molecule has 0 aromatic heterocycles. The van der Waals surface area contributed by atoms with Gasteiger partial charge in [0.15, 0.2) is 5.78 Å². The number of rotatable bonds is 6. The van der Waals surface area contributed by atoms with Gasteiger partial charge in [-0.2, -0.15) is 0 Å². The number of ether oxygens (including phenoxy) is 1. The molecule has 0 bridgehead atoms. The molecular formula is C16H21NO3. The summed E-state index contributed by atoms with van der Waals surface area (Å²) in [5.41, 5.74) is 3.87. The molecule has 20 heavy (non-hydrogen) atoms. The Morgan fingerprint density at radius 2 is 2.00 bits per heavy atom. The van der Waals surface area contributed by atoms with Gasteiger partial charge in [0.05, 0.1) is 7.11 Å². The molecule has 1 aromatic rings. The van der Waals surface area contributed by atoms with Crippen molar-refractivity contribution in [1.82, 2.24) is 0 Å². The van der Waals surface area contributed by atoms with Crippen LogP contribution in [0, 0.1) is 0 Å². The van der Waals surface area contributed by atoms with Crippen molar-refractivity contribution in [3.8, 4) is 0 Å². The molecule has 0 aliphatic heterocycles. The molecule has 1 rings (SSSR count).